The summed E-state index contributed by atoms with van der Waals surface area (Å²) in [5.74, 6) is 0.934. The van der Waals surface area contributed by atoms with Gasteiger partial charge >= 0.3 is 0 Å². The van der Waals surface area contributed by atoms with E-state index in [0.29, 0.717) is 6.61 Å². The maximum absolute atomic E-state index is 5.84. The van der Waals surface area contributed by atoms with Crippen molar-refractivity contribution in [3.63, 3.8) is 0 Å². The van der Waals surface area contributed by atoms with Crippen LogP contribution in [0.1, 0.15) is 11.1 Å². The van der Waals surface area contributed by atoms with Crippen molar-refractivity contribution in [3.8, 4) is 11.4 Å². The second-order valence-corrected chi connectivity index (χ2v) is 7.09. The highest BCUT2D eigenvalue weighted by Crippen LogP contribution is 2.16. The monoisotopic (exact) mass is 364 g/mol. The summed E-state index contributed by atoms with van der Waals surface area (Å²) in [6.07, 6.45) is 3.76. The normalized spacial score (nSPS) is 11.3. The summed E-state index contributed by atoms with van der Waals surface area (Å²) in [7, 11) is 6.24. The largest absolute Gasteiger partial charge is 0.492 e. The fourth-order valence-electron chi connectivity index (χ4n) is 2.98. The molecule has 3 rings (SSSR count). The third-order valence-electron chi connectivity index (χ3n) is 4.29. The number of aromatic nitrogens is 2. The van der Waals surface area contributed by atoms with E-state index in [0.717, 1.165) is 31.1 Å². The summed E-state index contributed by atoms with van der Waals surface area (Å²) in [6.45, 7) is 3.36. The van der Waals surface area contributed by atoms with Crippen LogP contribution in [-0.2, 0) is 13.1 Å². The van der Waals surface area contributed by atoms with Crippen LogP contribution in [0.5, 0.6) is 5.75 Å². The van der Waals surface area contributed by atoms with Crippen LogP contribution in [0.2, 0.25) is 0 Å². The highest BCUT2D eigenvalue weighted by molar-refractivity contribution is 5.35. The maximum atomic E-state index is 5.84. The van der Waals surface area contributed by atoms with Crippen LogP contribution >= 0.6 is 0 Å². The van der Waals surface area contributed by atoms with Crippen molar-refractivity contribution in [1.82, 2.24) is 19.6 Å². The molecule has 5 heteroatoms. The lowest BCUT2D eigenvalue weighted by molar-refractivity contribution is 0.260. The van der Waals surface area contributed by atoms with E-state index in [1.54, 1.807) is 6.20 Å². The molecule has 0 radical (unpaired) electrons. The van der Waals surface area contributed by atoms with Gasteiger partial charge in [0.1, 0.15) is 12.4 Å². The number of hydrogen-bond donors (Lipinski definition) is 0. The predicted octanol–water partition coefficient (Wildman–Crippen LogP) is 3.44. The first kappa shape index (κ1) is 19.1. The molecule has 0 saturated carbocycles. The molecule has 142 valence electrons. The Kier molecular flexibility index (Phi) is 6.63. The van der Waals surface area contributed by atoms with Crippen LogP contribution in [0.3, 0.4) is 0 Å². The van der Waals surface area contributed by atoms with Crippen molar-refractivity contribution in [2.45, 2.75) is 13.1 Å². The molecule has 27 heavy (non-hydrogen) atoms. The molecule has 0 N–H and O–H groups in total. The molecule has 1 heterocycles. The molecule has 0 atom stereocenters. The third-order valence-corrected chi connectivity index (χ3v) is 4.29. The summed E-state index contributed by atoms with van der Waals surface area (Å²) in [5.41, 5.74) is 3.61. The molecule has 0 bridgehead atoms. The minimum atomic E-state index is 0.701. The molecular formula is C22H28N4O. The minimum absolute atomic E-state index is 0.701. The van der Waals surface area contributed by atoms with Crippen LogP contribution in [0.25, 0.3) is 5.69 Å². The van der Waals surface area contributed by atoms with Gasteiger partial charge in [-0.2, -0.15) is 5.10 Å². The van der Waals surface area contributed by atoms with E-state index in [4.69, 9.17) is 4.74 Å². The van der Waals surface area contributed by atoms with Gasteiger partial charge in [-0.05, 0) is 62.6 Å². The molecule has 0 fully saturated rings. The summed E-state index contributed by atoms with van der Waals surface area (Å²) in [6, 6.07) is 18.8. The zero-order valence-corrected chi connectivity index (χ0v) is 16.4. The van der Waals surface area contributed by atoms with Crippen LogP contribution in [0.4, 0.5) is 0 Å². The first-order valence-electron chi connectivity index (χ1n) is 9.24. The molecule has 0 unspecified atom stereocenters. The van der Waals surface area contributed by atoms with Crippen LogP contribution in [0.15, 0.2) is 67.0 Å². The van der Waals surface area contributed by atoms with E-state index >= 15 is 0 Å². The zero-order chi connectivity index (χ0) is 19.1. The van der Waals surface area contributed by atoms with Gasteiger partial charge in [0, 0.05) is 32.0 Å². The average Bonchev–Trinajstić information content (AvgIpc) is 3.16. The van der Waals surface area contributed by atoms with E-state index in [1.165, 1.54) is 11.1 Å². The topological polar surface area (TPSA) is 33.5 Å². The van der Waals surface area contributed by atoms with Crippen molar-refractivity contribution < 1.29 is 4.74 Å². The van der Waals surface area contributed by atoms with Gasteiger partial charge in [-0.15, -0.1) is 0 Å². The highest BCUT2D eigenvalue weighted by Gasteiger charge is 2.05. The van der Waals surface area contributed by atoms with Gasteiger partial charge in [-0.25, -0.2) is 4.68 Å². The molecule has 0 spiro atoms. The maximum Gasteiger partial charge on any atom is 0.119 e. The smallest absolute Gasteiger partial charge is 0.119 e. The van der Waals surface area contributed by atoms with Crippen molar-refractivity contribution in [1.29, 1.82) is 0 Å². The summed E-state index contributed by atoms with van der Waals surface area (Å²) in [4.78, 5) is 4.43. The van der Waals surface area contributed by atoms with Gasteiger partial charge in [-0.1, -0.05) is 24.3 Å². The summed E-state index contributed by atoms with van der Waals surface area (Å²) in [5, 5.41) is 4.31. The van der Waals surface area contributed by atoms with Gasteiger partial charge in [0.05, 0.1) is 5.69 Å². The lowest BCUT2D eigenvalue weighted by Crippen LogP contribution is -2.19. The number of benzene rings is 2. The van der Waals surface area contributed by atoms with Crippen molar-refractivity contribution in [2.24, 2.45) is 0 Å². The Hall–Kier alpha value is -2.63. The first-order chi connectivity index (χ1) is 13.1. The predicted molar refractivity (Wildman–Crippen MR) is 109 cm³/mol. The standard InChI is InChI=1S/C22H28N4O/c1-24(2)13-14-27-22-10-5-8-20(16-22)18-25(3)17-19-7-4-9-21(15-19)26-12-6-11-23-26/h4-12,15-16H,13-14,17-18H2,1-3H3. The number of likely N-dealkylation sites (N-methyl/N-ethyl adjacent to an activating group) is 1. The van der Waals surface area contributed by atoms with Crippen LogP contribution in [-0.4, -0.2) is 53.9 Å². The van der Waals surface area contributed by atoms with Gasteiger partial charge in [-0.3, -0.25) is 4.90 Å². The fraction of sp³-hybridized carbons (Fsp3) is 0.318. The molecule has 0 aliphatic carbocycles. The molecule has 5 nitrogen and oxygen atoms in total. The summed E-state index contributed by atoms with van der Waals surface area (Å²) >= 11 is 0. The van der Waals surface area contributed by atoms with E-state index in [2.05, 4.69) is 78.5 Å². The molecule has 0 saturated heterocycles. The minimum Gasteiger partial charge on any atom is -0.492 e. The molecule has 2 aromatic carbocycles. The Balaban J connectivity index is 1.58. The zero-order valence-electron chi connectivity index (χ0n) is 16.4. The second-order valence-electron chi connectivity index (χ2n) is 7.09. The molecule has 0 amide bonds. The molecule has 3 aromatic rings. The third kappa shape index (κ3) is 5.94. The van der Waals surface area contributed by atoms with E-state index in [1.807, 2.05) is 23.0 Å². The molecular weight excluding hydrogens is 336 g/mol. The first-order valence-corrected chi connectivity index (χ1v) is 9.24. The van der Waals surface area contributed by atoms with Gasteiger partial charge < -0.3 is 9.64 Å². The van der Waals surface area contributed by atoms with E-state index in [-0.39, 0.29) is 0 Å². The van der Waals surface area contributed by atoms with Crippen molar-refractivity contribution >= 4 is 0 Å². The number of hydrogen-bond acceptors (Lipinski definition) is 4. The lowest BCUT2D eigenvalue weighted by Gasteiger charge is -2.18. The number of nitrogens with zero attached hydrogens (tertiary/aromatic N) is 4. The fourth-order valence-corrected chi connectivity index (χ4v) is 2.98. The molecule has 0 aliphatic heterocycles. The van der Waals surface area contributed by atoms with Gasteiger partial charge in [0.15, 0.2) is 0 Å². The number of rotatable bonds is 9. The Morgan fingerprint density at radius 1 is 0.926 bits per heavy atom. The quantitative estimate of drug-likeness (QED) is 0.582. The number of ether oxygens (including phenoxy) is 1. The lowest BCUT2D eigenvalue weighted by atomic mass is 10.1. The highest BCUT2D eigenvalue weighted by atomic mass is 16.5. The van der Waals surface area contributed by atoms with Gasteiger partial charge in [0.2, 0.25) is 0 Å². The Morgan fingerprint density at radius 3 is 2.37 bits per heavy atom. The SMILES string of the molecule is CN(C)CCOc1cccc(CN(C)Cc2cccc(-n3cccn3)c2)c1. The van der Waals surface area contributed by atoms with Crippen LogP contribution < -0.4 is 4.74 Å². The van der Waals surface area contributed by atoms with E-state index in [9.17, 15) is 0 Å². The van der Waals surface area contributed by atoms with E-state index < -0.39 is 0 Å². The Morgan fingerprint density at radius 2 is 1.67 bits per heavy atom. The average molecular weight is 364 g/mol. The van der Waals surface area contributed by atoms with Gasteiger partial charge in [0.25, 0.3) is 0 Å². The Bertz CT molecular complexity index is 830. The van der Waals surface area contributed by atoms with Crippen molar-refractivity contribution in [2.75, 3.05) is 34.3 Å². The molecule has 0 aliphatic rings. The molecule has 1 aromatic heterocycles. The van der Waals surface area contributed by atoms with Crippen molar-refractivity contribution in [3.05, 3.63) is 78.1 Å². The van der Waals surface area contributed by atoms with Crippen LogP contribution in [0, 0.1) is 0 Å². The second kappa shape index (κ2) is 9.35. The summed E-state index contributed by atoms with van der Waals surface area (Å²) < 4.78 is 7.73. The Labute approximate surface area is 161 Å².